The standard InChI is InChI=1S/C33H38F5N5O4S/c1-21-18-42(23-8-11-32(34,35)12-9-23)14-10-26(21)41-31(44)25-15-22(16-28-30(25)40-20-43(28)19-33(36,37)38)5-4-13-39-27-17-24(48(3,45)46)6-7-29(27)47-2/h6-7,15-17,20-21,23,26,39H,8-14,18-19H2,1-3H3,(H,41,44)/t21-,26-/m0/s1. The average Bonchev–Trinajstić information content (AvgIpc) is 3.40. The number of imidazole rings is 1. The van der Waals surface area contributed by atoms with Crippen molar-refractivity contribution in [2.75, 3.05) is 38.3 Å². The van der Waals surface area contributed by atoms with E-state index in [0.717, 1.165) is 17.2 Å². The minimum Gasteiger partial charge on any atom is -0.495 e. The summed E-state index contributed by atoms with van der Waals surface area (Å²) in [6.07, 6.45) is -1.20. The zero-order chi connectivity index (χ0) is 34.9. The molecule has 1 aromatic heterocycles. The SMILES string of the molecule is COc1ccc(S(C)(=O)=O)cc1NCC#Cc1cc(C(=O)N[C@H]2CCN(C3CCC(F)(F)CC3)C[C@@H]2C)c2ncn(CC(F)(F)F)c2c1. The van der Waals surface area contributed by atoms with Crippen molar-refractivity contribution in [1.82, 2.24) is 19.8 Å². The lowest BCUT2D eigenvalue weighted by Crippen LogP contribution is -2.53. The first-order valence-electron chi connectivity index (χ1n) is 15.6. The minimum absolute atomic E-state index is 0.00986. The molecule has 48 heavy (non-hydrogen) atoms. The van der Waals surface area contributed by atoms with E-state index >= 15 is 0 Å². The number of nitrogens with zero attached hydrogens (tertiary/aromatic N) is 3. The monoisotopic (exact) mass is 695 g/mol. The maximum atomic E-state index is 13.7. The molecule has 0 bridgehead atoms. The first-order chi connectivity index (χ1) is 22.5. The van der Waals surface area contributed by atoms with E-state index < -0.39 is 34.4 Å². The van der Waals surface area contributed by atoms with Crippen LogP contribution in [0.15, 0.2) is 41.6 Å². The van der Waals surface area contributed by atoms with Gasteiger partial charge in [-0.3, -0.25) is 9.69 Å². The fourth-order valence-corrected chi connectivity index (χ4v) is 7.08. The van der Waals surface area contributed by atoms with Gasteiger partial charge >= 0.3 is 6.18 Å². The van der Waals surface area contributed by atoms with Crippen molar-refractivity contribution in [2.45, 2.75) is 74.7 Å². The second kappa shape index (κ2) is 13.9. The Kier molecular flexibility index (Phi) is 10.3. The Balaban J connectivity index is 1.35. The number of sulfone groups is 1. The van der Waals surface area contributed by atoms with Crippen LogP contribution in [0.4, 0.5) is 27.6 Å². The molecule has 1 aliphatic heterocycles. The number of fused-ring (bicyclic) bond motifs is 1. The number of carbonyl (C=O) groups excluding carboxylic acids is 1. The average molecular weight is 696 g/mol. The Morgan fingerprint density at radius 3 is 2.52 bits per heavy atom. The van der Waals surface area contributed by atoms with Crippen molar-refractivity contribution in [3.63, 3.8) is 0 Å². The van der Waals surface area contributed by atoms with Gasteiger partial charge in [0.15, 0.2) is 9.84 Å². The summed E-state index contributed by atoms with van der Waals surface area (Å²) < 4.78 is 97.7. The van der Waals surface area contributed by atoms with Crippen LogP contribution in [0.3, 0.4) is 0 Å². The summed E-state index contributed by atoms with van der Waals surface area (Å²) in [6, 6.07) is 7.12. The Morgan fingerprint density at radius 1 is 1.15 bits per heavy atom. The van der Waals surface area contributed by atoms with Crippen molar-refractivity contribution >= 4 is 32.5 Å². The van der Waals surface area contributed by atoms with Crippen LogP contribution in [0.25, 0.3) is 11.0 Å². The summed E-state index contributed by atoms with van der Waals surface area (Å²) in [5, 5.41) is 6.04. The zero-order valence-corrected chi connectivity index (χ0v) is 27.6. The van der Waals surface area contributed by atoms with Crippen LogP contribution in [-0.4, -0.2) is 86.0 Å². The highest BCUT2D eigenvalue weighted by Crippen LogP contribution is 2.36. The molecule has 1 saturated carbocycles. The summed E-state index contributed by atoms with van der Waals surface area (Å²) in [7, 11) is -2.05. The van der Waals surface area contributed by atoms with Crippen LogP contribution in [0, 0.1) is 17.8 Å². The lowest BCUT2D eigenvalue weighted by Gasteiger charge is -2.43. The third kappa shape index (κ3) is 8.57. The van der Waals surface area contributed by atoms with Crippen LogP contribution in [-0.2, 0) is 16.4 Å². The summed E-state index contributed by atoms with van der Waals surface area (Å²) in [6.45, 7) is 1.98. The molecule has 260 valence electrons. The molecule has 0 unspecified atom stereocenters. The molecular formula is C33H38F5N5O4S. The van der Waals surface area contributed by atoms with Crippen molar-refractivity contribution in [2.24, 2.45) is 5.92 Å². The Bertz CT molecular complexity index is 1820. The maximum Gasteiger partial charge on any atom is 0.406 e. The van der Waals surface area contributed by atoms with E-state index in [2.05, 4.69) is 32.4 Å². The van der Waals surface area contributed by atoms with E-state index in [1.165, 1.54) is 37.4 Å². The van der Waals surface area contributed by atoms with Gasteiger partial charge in [0.05, 0.1) is 41.6 Å². The Morgan fingerprint density at radius 2 is 1.88 bits per heavy atom. The molecule has 2 heterocycles. The van der Waals surface area contributed by atoms with Crippen LogP contribution in [0.1, 0.15) is 54.9 Å². The molecule has 1 aliphatic carbocycles. The second-order valence-corrected chi connectivity index (χ2v) is 14.6. The van der Waals surface area contributed by atoms with Crippen molar-refractivity contribution < 1.29 is 39.9 Å². The first kappa shape index (κ1) is 35.4. The molecule has 2 atom stereocenters. The topological polar surface area (TPSA) is 106 Å². The molecule has 0 radical (unpaired) electrons. The predicted molar refractivity (Wildman–Crippen MR) is 171 cm³/mol. The van der Waals surface area contributed by atoms with Crippen molar-refractivity contribution in [1.29, 1.82) is 0 Å². The van der Waals surface area contributed by atoms with Gasteiger partial charge in [-0.1, -0.05) is 18.8 Å². The second-order valence-electron chi connectivity index (χ2n) is 12.6. The van der Waals surface area contributed by atoms with E-state index in [1.807, 2.05) is 6.92 Å². The van der Waals surface area contributed by atoms with Gasteiger partial charge < -0.3 is 19.9 Å². The van der Waals surface area contributed by atoms with Crippen LogP contribution < -0.4 is 15.4 Å². The Labute approximate surface area is 276 Å². The highest BCUT2D eigenvalue weighted by molar-refractivity contribution is 7.90. The molecular weight excluding hydrogens is 657 g/mol. The number of ether oxygens (including phenoxy) is 1. The number of likely N-dealkylation sites (tertiary alicyclic amines) is 1. The summed E-state index contributed by atoms with van der Waals surface area (Å²) in [5.74, 6) is 3.06. The van der Waals surface area contributed by atoms with Gasteiger partial charge in [-0.15, -0.1) is 0 Å². The number of hydrogen-bond donors (Lipinski definition) is 2. The molecule has 2 N–H and O–H groups in total. The fourth-order valence-electron chi connectivity index (χ4n) is 6.43. The predicted octanol–water partition coefficient (Wildman–Crippen LogP) is 5.49. The van der Waals surface area contributed by atoms with E-state index in [0.29, 0.717) is 43.8 Å². The van der Waals surface area contributed by atoms with Gasteiger partial charge in [0, 0.05) is 49.8 Å². The fraction of sp³-hybridized carbons (Fsp3) is 0.515. The van der Waals surface area contributed by atoms with Gasteiger partial charge in [-0.05, 0) is 55.5 Å². The number of nitrogens with one attached hydrogen (secondary N) is 2. The lowest BCUT2D eigenvalue weighted by atomic mass is 9.87. The number of hydrogen-bond acceptors (Lipinski definition) is 7. The highest BCUT2D eigenvalue weighted by Gasteiger charge is 2.39. The normalized spacial score (nSPS) is 20.6. The maximum absolute atomic E-state index is 13.7. The third-order valence-corrected chi connectivity index (χ3v) is 10.1. The van der Waals surface area contributed by atoms with Crippen LogP contribution in [0.5, 0.6) is 5.75 Å². The smallest absolute Gasteiger partial charge is 0.406 e. The molecule has 2 aromatic carbocycles. The highest BCUT2D eigenvalue weighted by atomic mass is 32.2. The quantitative estimate of drug-likeness (QED) is 0.237. The zero-order valence-electron chi connectivity index (χ0n) is 26.8. The molecule has 2 aliphatic rings. The molecule has 0 spiro atoms. The number of carbonyl (C=O) groups is 1. The number of benzene rings is 2. The molecule has 1 saturated heterocycles. The van der Waals surface area contributed by atoms with Crippen molar-refractivity contribution in [3.05, 3.63) is 47.8 Å². The third-order valence-electron chi connectivity index (χ3n) is 8.97. The van der Waals surface area contributed by atoms with Gasteiger partial charge in [-0.2, -0.15) is 13.2 Å². The molecule has 15 heteroatoms. The van der Waals surface area contributed by atoms with Gasteiger partial charge in [-0.25, -0.2) is 22.2 Å². The van der Waals surface area contributed by atoms with Crippen LogP contribution in [0.2, 0.25) is 0 Å². The summed E-state index contributed by atoms with van der Waals surface area (Å²) in [4.78, 5) is 20.1. The van der Waals surface area contributed by atoms with E-state index in [4.69, 9.17) is 4.74 Å². The van der Waals surface area contributed by atoms with E-state index in [-0.39, 0.29) is 64.4 Å². The molecule has 9 nitrogen and oxygen atoms in total. The molecule has 3 aromatic rings. The van der Waals surface area contributed by atoms with Gasteiger partial charge in [0.1, 0.15) is 17.8 Å². The number of piperidine rings is 1. The largest absolute Gasteiger partial charge is 0.495 e. The number of anilines is 1. The molecule has 1 amide bonds. The lowest BCUT2D eigenvalue weighted by molar-refractivity contribution is -0.140. The number of amides is 1. The summed E-state index contributed by atoms with van der Waals surface area (Å²) in [5.41, 5.74) is 0.951. The van der Waals surface area contributed by atoms with Crippen molar-refractivity contribution in [3.8, 4) is 17.6 Å². The van der Waals surface area contributed by atoms with E-state index in [9.17, 15) is 35.2 Å². The molecule has 2 fully saturated rings. The number of aromatic nitrogens is 2. The first-order valence-corrected chi connectivity index (χ1v) is 17.5. The van der Waals surface area contributed by atoms with E-state index in [1.54, 1.807) is 0 Å². The number of rotatable bonds is 8. The number of alkyl halides is 5. The van der Waals surface area contributed by atoms with Gasteiger partial charge in [0.25, 0.3) is 5.91 Å². The number of halogens is 5. The number of methoxy groups -OCH3 is 1. The molecule has 5 rings (SSSR count). The van der Waals surface area contributed by atoms with Crippen LogP contribution >= 0.6 is 0 Å². The minimum atomic E-state index is -4.53. The van der Waals surface area contributed by atoms with Gasteiger partial charge in [0.2, 0.25) is 5.92 Å². The summed E-state index contributed by atoms with van der Waals surface area (Å²) >= 11 is 0. The Hall–Kier alpha value is -3.90.